The van der Waals surface area contributed by atoms with E-state index < -0.39 is 16.9 Å². The molecule has 2 N–H and O–H groups in total. The van der Waals surface area contributed by atoms with Gasteiger partial charge in [0.25, 0.3) is 11.3 Å². The summed E-state index contributed by atoms with van der Waals surface area (Å²) in [5.41, 5.74) is -0.471. The maximum Gasteiger partial charge on any atom is 0.410 e. The second kappa shape index (κ2) is 10.2. The summed E-state index contributed by atoms with van der Waals surface area (Å²) >= 11 is -2.17. The second-order valence-corrected chi connectivity index (χ2v) is 6.77. The van der Waals surface area contributed by atoms with Crippen molar-refractivity contribution in [2.24, 2.45) is 0 Å². The summed E-state index contributed by atoms with van der Waals surface area (Å²) in [6.07, 6.45) is -0.265. The Bertz CT molecular complexity index is 382. The molecule has 0 aromatic heterocycles. The minimum absolute atomic E-state index is 0.193. The maximum atomic E-state index is 11.9. The minimum atomic E-state index is -2.17. The van der Waals surface area contributed by atoms with Gasteiger partial charge in [0, 0.05) is 32.7 Å². The van der Waals surface area contributed by atoms with E-state index in [0.29, 0.717) is 26.3 Å². The number of nitrogens with one attached hydrogen (secondary N) is 1. The van der Waals surface area contributed by atoms with E-state index in [4.69, 9.17) is 14.0 Å². The van der Waals surface area contributed by atoms with Crippen LogP contribution in [-0.2, 0) is 25.6 Å². The summed E-state index contributed by atoms with van der Waals surface area (Å²) < 4.78 is 29.4. The molecule has 1 aliphatic rings. The smallest absolute Gasteiger partial charge is 0.410 e. The number of nitrogens with zero attached hydrogens (tertiary/aromatic N) is 2. The SMILES string of the molecule is CC(C)(C)OC(=O)N1CCN(CCOCCONS(=O)O)CC1. The first-order chi connectivity index (χ1) is 10.8. The van der Waals surface area contributed by atoms with Crippen LogP contribution in [-0.4, -0.2) is 82.8 Å². The molecular formula is C13H27N3O6S. The van der Waals surface area contributed by atoms with Gasteiger partial charge in [-0.05, 0) is 20.8 Å². The zero-order valence-electron chi connectivity index (χ0n) is 13.9. The van der Waals surface area contributed by atoms with Gasteiger partial charge in [0.2, 0.25) is 0 Å². The van der Waals surface area contributed by atoms with Crippen molar-refractivity contribution in [2.45, 2.75) is 26.4 Å². The molecule has 0 saturated carbocycles. The average Bonchev–Trinajstić information content (AvgIpc) is 2.44. The molecule has 1 fully saturated rings. The van der Waals surface area contributed by atoms with E-state index in [0.717, 1.165) is 19.6 Å². The highest BCUT2D eigenvalue weighted by Crippen LogP contribution is 2.11. The van der Waals surface area contributed by atoms with Crippen LogP contribution >= 0.6 is 0 Å². The summed E-state index contributed by atoms with van der Waals surface area (Å²) in [4.78, 5) is 22.4. The van der Waals surface area contributed by atoms with Crippen LogP contribution in [0.15, 0.2) is 0 Å². The van der Waals surface area contributed by atoms with E-state index in [9.17, 15) is 9.00 Å². The van der Waals surface area contributed by atoms with E-state index in [-0.39, 0.29) is 12.7 Å². The molecule has 0 aliphatic carbocycles. The first-order valence-electron chi connectivity index (χ1n) is 7.54. The fourth-order valence-electron chi connectivity index (χ4n) is 1.97. The summed E-state index contributed by atoms with van der Waals surface area (Å²) in [7, 11) is 0. The zero-order valence-corrected chi connectivity index (χ0v) is 14.8. The molecule has 1 aliphatic heterocycles. The number of carbonyl (C=O) groups is 1. The Kier molecular flexibility index (Phi) is 8.95. The Morgan fingerprint density at radius 3 is 2.39 bits per heavy atom. The first kappa shape index (κ1) is 20.3. The molecule has 1 unspecified atom stereocenters. The van der Waals surface area contributed by atoms with Gasteiger partial charge >= 0.3 is 6.09 Å². The lowest BCUT2D eigenvalue weighted by atomic mass is 10.2. The molecule has 1 atom stereocenters. The van der Waals surface area contributed by atoms with Crippen LogP contribution in [0.4, 0.5) is 4.79 Å². The fraction of sp³-hybridized carbons (Fsp3) is 0.923. The summed E-state index contributed by atoms with van der Waals surface area (Å²) in [5.74, 6) is 0. The number of carbonyl (C=O) groups excluding carboxylic acids is 1. The van der Waals surface area contributed by atoms with Gasteiger partial charge in [-0.1, -0.05) is 4.89 Å². The highest BCUT2D eigenvalue weighted by Gasteiger charge is 2.25. The Morgan fingerprint density at radius 2 is 1.83 bits per heavy atom. The third-order valence-electron chi connectivity index (χ3n) is 3.04. The normalized spacial score (nSPS) is 18.0. The molecule has 1 rings (SSSR count). The van der Waals surface area contributed by atoms with Gasteiger partial charge in [-0.3, -0.25) is 14.3 Å². The lowest BCUT2D eigenvalue weighted by Crippen LogP contribution is -2.50. The van der Waals surface area contributed by atoms with E-state index in [1.807, 2.05) is 25.7 Å². The van der Waals surface area contributed by atoms with Crippen LogP contribution in [0, 0.1) is 0 Å². The van der Waals surface area contributed by atoms with E-state index >= 15 is 0 Å². The number of piperazine rings is 1. The van der Waals surface area contributed by atoms with E-state index in [1.54, 1.807) is 4.90 Å². The number of hydrogen-bond donors (Lipinski definition) is 2. The van der Waals surface area contributed by atoms with Gasteiger partial charge < -0.3 is 14.4 Å². The van der Waals surface area contributed by atoms with Crippen molar-refractivity contribution in [3.63, 3.8) is 0 Å². The molecule has 10 heteroatoms. The molecule has 1 heterocycles. The molecule has 136 valence electrons. The van der Waals surface area contributed by atoms with Gasteiger partial charge in [-0.2, -0.15) is 0 Å². The fourth-order valence-corrected chi connectivity index (χ4v) is 2.15. The Labute approximate surface area is 139 Å². The van der Waals surface area contributed by atoms with Crippen LogP contribution in [0.3, 0.4) is 0 Å². The van der Waals surface area contributed by atoms with Crippen molar-refractivity contribution in [3.05, 3.63) is 0 Å². The molecule has 0 bridgehead atoms. The zero-order chi connectivity index (χ0) is 17.3. The second-order valence-electron chi connectivity index (χ2n) is 6.10. The topological polar surface area (TPSA) is 101 Å². The van der Waals surface area contributed by atoms with Gasteiger partial charge in [0.15, 0.2) is 0 Å². The number of rotatable bonds is 8. The van der Waals surface area contributed by atoms with Crippen molar-refractivity contribution in [2.75, 3.05) is 52.5 Å². The molecule has 1 saturated heterocycles. The van der Waals surface area contributed by atoms with Crippen LogP contribution < -0.4 is 4.89 Å². The van der Waals surface area contributed by atoms with Crippen molar-refractivity contribution in [3.8, 4) is 0 Å². The molecule has 0 radical (unpaired) electrons. The molecule has 9 nitrogen and oxygen atoms in total. The predicted octanol–water partition coefficient (Wildman–Crippen LogP) is 0.214. The van der Waals surface area contributed by atoms with Gasteiger partial charge in [0.1, 0.15) is 5.60 Å². The highest BCUT2D eigenvalue weighted by molar-refractivity contribution is 7.76. The lowest BCUT2D eigenvalue weighted by molar-refractivity contribution is 0.00432. The minimum Gasteiger partial charge on any atom is -0.444 e. The van der Waals surface area contributed by atoms with Crippen LogP contribution in [0.5, 0.6) is 0 Å². The molecule has 0 spiro atoms. The Hall–Kier alpha value is -0.780. The summed E-state index contributed by atoms with van der Waals surface area (Å²) in [6, 6.07) is 0. The average molecular weight is 353 g/mol. The summed E-state index contributed by atoms with van der Waals surface area (Å²) in [6.45, 7) is 10.3. The monoisotopic (exact) mass is 353 g/mol. The third-order valence-corrected chi connectivity index (χ3v) is 3.30. The van der Waals surface area contributed by atoms with Crippen LogP contribution in [0.2, 0.25) is 0 Å². The van der Waals surface area contributed by atoms with E-state index in [1.165, 1.54) is 0 Å². The van der Waals surface area contributed by atoms with Crippen LogP contribution in [0.1, 0.15) is 20.8 Å². The standard InChI is InChI=1S/C13H27N3O6S/c1-13(2,3)22-12(17)16-6-4-15(5-7-16)8-9-20-10-11-21-14-23(18)19/h14H,4-11H2,1-3H3,(H,18,19). The highest BCUT2D eigenvalue weighted by atomic mass is 32.2. The molecule has 0 aromatic rings. The lowest BCUT2D eigenvalue weighted by Gasteiger charge is -2.35. The van der Waals surface area contributed by atoms with Gasteiger partial charge in [-0.15, -0.1) is 0 Å². The third kappa shape index (κ3) is 9.84. The Morgan fingerprint density at radius 1 is 1.17 bits per heavy atom. The number of ether oxygens (including phenoxy) is 2. The van der Waals surface area contributed by atoms with Crippen LogP contribution in [0.25, 0.3) is 0 Å². The molecule has 0 aromatic carbocycles. The molecule has 23 heavy (non-hydrogen) atoms. The van der Waals surface area contributed by atoms with Crippen molar-refractivity contribution in [1.29, 1.82) is 0 Å². The van der Waals surface area contributed by atoms with Crippen molar-refractivity contribution >= 4 is 17.4 Å². The van der Waals surface area contributed by atoms with Gasteiger partial charge in [-0.25, -0.2) is 9.00 Å². The number of hydrogen-bond acceptors (Lipinski definition) is 6. The largest absolute Gasteiger partial charge is 0.444 e. The predicted molar refractivity (Wildman–Crippen MR) is 84.9 cm³/mol. The molecular weight excluding hydrogens is 326 g/mol. The maximum absolute atomic E-state index is 11.9. The summed E-state index contributed by atoms with van der Waals surface area (Å²) in [5, 5.41) is 0. The van der Waals surface area contributed by atoms with Crippen molar-refractivity contribution in [1.82, 2.24) is 14.7 Å². The Balaban J connectivity index is 2.06. The quantitative estimate of drug-likeness (QED) is 0.365. The van der Waals surface area contributed by atoms with Gasteiger partial charge in [0.05, 0.1) is 19.8 Å². The van der Waals surface area contributed by atoms with E-state index in [2.05, 4.69) is 9.74 Å². The van der Waals surface area contributed by atoms with Crippen molar-refractivity contribution < 1.29 is 27.9 Å². The number of amides is 1. The first-order valence-corrected chi connectivity index (χ1v) is 8.65. The molecule has 1 amide bonds.